The summed E-state index contributed by atoms with van der Waals surface area (Å²) in [5.41, 5.74) is -5.45. The molecule has 0 aliphatic carbocycles. The van der Waals surface area contributed by atoms with Crippen LogP contribution in [0.25, 0.3) is 11.1 Å². The summed E-state index contributed by atoms with van der Waals surface area (Å²) in [4.78, 5) is 40.8. The molecule has 0 saturated heterocycles. The van der Waals surface area contributed by atoms with Gasteiger partial charge in [-0.25, -0.2) is 8.78 Å². The van der Waals surface area contributed by atoms with E-state index in [9.17, 15) is 45.8 Å². The first-order valence-electron chi connectivity index (χ1n) is 16.2. The first-order chi connectivity index (χ1) is 23.5. The third kappa shape index (κ3) is 9.54. The van der Waals surface area contributed by atoms with E-state index >= 15 is 8.78 Å². The van der Waals surface area contributed by atoms with Gasteiger partial charge in [0.15, 0.2) is 0 Å². The predicted molar refractivity (Wildman–Crippen MR) is 175 cm³/mol. The number of hydrogen-bond acceptors (Lipinski definition) is 4. The summed E-state index contributed by atoms with van der Waals surface area (Å²) in [6.45, 7) is 10.3. The Hall–Kier alpha value is -4.27. The van der Waals surface area contributed by atoms with E-state index in [1.165, 1.54) is 19.9 Å². The van der Waals surface area contributed by atoms with Crippen LogP contribution in [0.15, 0.2) is 35.3 Å². The van der Waals surface area contributed by atoms with Crippen molar-refractivity contribution in [1.82, 2.24) is 14.8 Å². The van der Waals surface area contributed by atoms with Crippen LogP contribution >= 0.6 is 0 Å². The SMILES string of the molecule is CCN(C)CCc1cn(C(CC(C)C)C(=O)N[C@@H](CC(=O)O)c2c(F)c(-c3c(C)ccc(C)c3C)cc(C(F)(F)F)c2F)c(=O)cc1C(F)(F)F. The molecule has 1 amide bonds. The van der Waals surface area contributed by atoms with E-state index in [1.54, 1.807) is 45.7 Å². The van der Waals surface area contributed by atoms with Crippen LogP contribution in [0.2, 0.25) is 0 Å². The summed E-state index contributed by atoms with van der Waals surface area (Å²) in [7, 11) is 1.67. The molecular weight excluding hydrogens is 690 g/mol. The number of carboxylic acid groups (broad SMARTS) is 1. The number of carbonyl (C=O) groups excluding carboxylic acids is 1. The highest BCUT2D eigenvalue weighted by molar-refractivity contribution is 5.82. The van der Waals surface area contributed by atoms with E-state index < -0.39 is 88.1 Å². The highest BCUT2D eigenvalue weighted by atomic mass is 19.4. The normalized spacial score (nSPS) is 13.5. The van der Waals surface area contributed by atoms with Gasteiger partial charge in [0.2, 0.25) is 5.91 Å². The molecule has 0 radical (unpaired) electrons. The maximum Gasteiger partial charge on any atom is 0.419 e. The summed E-state index contributed by atoms with van der Waals surface area (Å²) >= 11 is 0. The molecule has 3 rings (SSSR count). The molecule has 0 fully saturated rings. The third-order valence-corrected chi connectivity index (χ3v) is 8.90. The first kappa shape index (κ1) is 41.2. The molecule has 0 saturated carbocycles. The van der Waals surface area contributed by atoms with Gasteiger partial charge in [0.05, 0.1) is 23.6 Å². The number of likely N-dealkylation sites (N-methyl/N-ethyl adjacent to an activating group) is 1. The number of alkyl halides is 6. The number of carboxylic acids is 1. The lowest BCUT2D eigenvalue weighted by Gasteiger charge is -2.28. The van der Waals surface area contributed by atoms with Gasteiger partial charge in [-0.2, -0.15) is 26.3 Å². The van der Waals surface area contributed by atoms with Crippen LogP contribution in [0, 0.1) is 38.3 Å². The number of pyridine rings is 1. The van der Waals surface area contributed by atoms with Crippen LogP contribution in [-0.4, -0.2) is 46.6 Å². The molecule has 2 atom stereocenters. The Morgan fingerprint density at radius 3 is 2.06 bits per heavy atom. The minimum absolute atomic E-state index is 0.00916. The topological polar surface area (TPSA) is 91.6 Å². The first-order valence-corrected chi connectivity index (χ1v) is 16.2. The monoisotopic (exact) mass is 731 g/mol. The van der Waals surface area contributed by atoms with Crippen molar-refractivity contribution in [2.75, 3.05) is 20.1 Å². The molecule has 3 aromatic rings. The number of aromatic nitrogens is 1. The molecule has 0 aliphatic rings. The second-order valence-corrected chi connectivity index (χ2v) is 13.1. The van der Waals surface area contributed by atoms with E-state index in [0.717, 1.165) is 10.8 Å². The van der Waals surface area contributed by atoms with Crippen molar-refractivity contribution < 1.29 is 49.8 Å². The third-order valence-electron chi connectivity index (χ3n) is 8.90. The lowest BCUT2D eigenvalue weighted by molar-refractivity contribution is -0.140. The summed E-state index contributed by atoms with van der Waals surface area (Å²) in [6, 6.07) is -0.0719. The highest BCUT2D eigenvalue weighted by Gasteiger charge is 2.41. The molecule has 1 unspecified atom stereocenters. The Balaban J connectivity index is 2.29. The molecule has 280 valence electrons. The fraction of sp³-hybridized carbons (Fsp3) is 0.472. The van der Waals surface area contributed by atoms with Crippen molar-refractivity contribution in [3.05, 3.63) is 91.4 Å². The Kier molecular flexibility index (Phi) is 12.9. The smallest absolute Gasteiger partial charge is 0.419 e. The Morgan fingerprint density at radius 1 is 0.941 bits per heavy atom. The van der Waals surface area contributed by atoms with Gasteiger partial charge in [-0.1, -0.05) is 32.9 Å². The quantitative estimate of drug-likeness (QED) is 0.173. The zero-order chi connectivity index (χ0) is 38.7. The lowest BCUT2D eigenvalue weighted by Crippen LogP contribution is -2.41. The molecule has 7 nitrogen and oxygen atoms in total. The molecule has 2 aromatic carbocycles. The van der Waals surface area contributed by atoms with Gasteiger partial charge in [-0.05, 0) is 87.0 Å². The number of rotatable bonds is 13. The van der Waals surface area contributed by atoms with Crippen molar-refractivity contribution in [3.63, 3.8) is 0 Å². The van der Waals surface area contributed by atoms with Crippen LogP contribution in [0.3, 0.4) is 0 Å². The average molecular weight is 732 g/mol. The van der Waals surface area contributed by atoms with Crippen molar-refractivity contribution in [2.45, 2.75) is 85.2 Å². The second-order valence-electron chi connectivity index (χ2n) is 13.1. The minimum Gasteiger partial charge on any atom is -0.481 e. The van der Waals surface area contributed by atoms with Crippen molar-refractivity contribution in [2.24, 2.45) is 5.92 Å². The van der Waals surface area contributed by atoms with Gasteiger partial charge in [-0.15, -0.1) is 0 Å². The number of hydrogen-bond donors (Lipinski definition) is 2. The zero-order valence-electron chi connectivity index (χ0n) is 29.2. The van der Waals surface area contributed by atoms with Crippen LogP contribution in [-0.2, 0) is 28.4 Å². The number of halogens is 8. The van der Waals surface area contributed by atoms with Gasteiger partial charge in [-0.3, -0.25) is 14.4 Å². The predicted octanol–water partition coefficient (Wildman–Crippen LogP) is 8.17. The molecule has 2 N–H and O–H groups in total. The van der Waals surface area contributed by atoms with Crippen LogP contribution in [0.5, 0.6) is 0 Å². The molecule has 1 aromatic heterocycles. The highest BCUT2D eigenvalue weighted by Crippen LogP contribution is 2.42. The number of aryl methyl sites for hydroxylation is 2. The molecule has 1 heterocycles. The van der Waals surface area contributed by atoms with Crippen molar-refractivity contribution in [3.8, 4) is 11.1 Å². The number of aliphatic carboxylic acids is 1. The van der Waals surface area contributed by atoms with E-state index in [0.29, 0.717) is 35.4 Å². The second kappa shape index (κ2) is 16.0. The molecule has 0 bridgehead atoms. The number of amides is 1. The van der Waals surface area contributed by atoms with E-state index in [-0.39, 0.29) is 30.5 Å². The fourth-order valence-electron chi connectivity index (χ4n) is 5.95. The molecule has 0 spiro atoms. The van der Waals surface area contributed by atoms with E-state index in [4.69, 9.17) is 0 Å². The van der Waals surface area contributed by atoms with Gasteiger partial charge in [0.1, 0.15) is 17.7 Å². The van der Waals surface area contributed by atoms with Crippen molar-refractivity contribution >= 4 is 11.9 Å². The number of benzene rings is 2. The minimum atomic E-state index is -5.37. The van der Waals surface area contributed by atoms with E-state index in [2.05, 4.69) is 5.32 Å². The van der Waals surface area contributed by atoms with E-state index in [1.807, 2.05) is 0 Å². The summed E-state index contributed by atoms with van der Waals surface area (Å²) in [5.74, 6) is -7.08. The maximum absolute atomic E-state index is 16.5. The van der Waals surface area contributed by atoms with Gasteiger partial charge in [0, 0.05) is 29.9 Å². The molecule has 15 heteroatoms. The Morgan fingerprint density at radius 2 is 1.53 bits per heavy atom. The lowest BCUT2D eigenvalue weighted by atomic mass is 9.87. The summed E-state index contributed by atoms with van der Waals surface area (Å²) in [5, 5.41) is 11.9. The van der Waals surface area contributed by atoms with Crippen LogP contribution in [0.4, 0.5) is 35.1 Å². The fourth-order valence-corrected chi connectivity index (χ4v) is 5.95. The van der Waals surface area contributed by atoms with Crippen molar-refractivity contribution in [1.29, 1.82) is 0 Å². The van der Waals surface area contributed by atoms with Gasteiger partial charge < -0.3 is 19.9 Å². The van der Waals surface area contributed by atoms with Crippen LogP contribution in [0.1, 0.15) is 84.6 Å². The number of nitrogens with zero attached hydrogens (tertiary/aromatic N) is 2. The standard InChI is InChI=1S/C36H41F8N3O4/c1-8-46(7)12-11-22-17-47(28(48)15-24(22)35(39,40)41)27(13-18(2)3)34(51)45-26(16-29(49)50)31-32(37)23(14-25(33(31)38)36(42,43)44)30-20(5)10-9-19(4)21(30)6/h9-10,14-15,17-18,26-27H,8,11-13,16H2,1-7H3,(H,45,51)(H,49,50)/t26-,27?/m0/s1. The molecular formula is C36H41F8N3O4. The molecule has 51 heavy (non-hydrogen) atoms. The number of carbonyl (C=O) groups is 2. The largest absolute Gasteiger partial charge is 0.481 e. The van der Waals surface area contributed by atoms with Gasteiger partial charge >= 0.3 is 18.3 Å². The number of nitrogens with one attached hydrogen (secondary N) is 1. The zero-order valence-corrected chi connectivity index (χ0v) is 29.2. The maximum atomic E-state index is 16.5. The Bertz CT molecular complexity index is 1830. The Labute approximate surface area is 290 Å². The summed E-state index contributed by atoms with van der Waals surface area (Å²) in [6.07, 6.45) is -11.1. The average Bonchev–Trinajstić information content (AvgIpc) is 3.00. The molecule has 0 aliphatic heterocycles. The summed E-state index contributed by atoms with van der Waals surface area (Å²) < 4.78 is 118. The van der Waals surface area contributed by atoms with Crippen LogP contribution < -0.4 is 10.9 Å². The van der Waals surface area contributed by atoms with Gasteiger partial charge in [0.25, 0.3) is 5.56 Å².